The summed E-state index contributed by atoms with van der Waals surface area (Å²) in [4.78, 5) is 12.3. The number of rotatable bonds is 9. The third-order valence-electron chi connectivity index (χ3n) is 5.50. The fourth-order valence-electron chi connectivity index (χ4n) is 3.55. The van der Waals surface area contributed by atoms with Crippen molar-refractivity contribution in [2.75, 3.05) is 6.61 Å². The average molecular weight is 517 g/mol. The van der Waals surface area contributed by atoms with E-state index in [0.717, 1.165) is 5.56 Å². The summed E-state index contributed by atoms with van der Waals surface area (Å²) in [6.07, 6.45) is -5.20. The zero-order valence-electron chi connectivity index (χ0n) is 21.5. The molecule has 3 aromatic carbocycles. The molecule has 1 atom stereocenters. The van der Waals surface area contributed by atoms with Crippen molar-refractivity contribution in [1.29, 1.82) is 0 Å². The first-order valence-corrected chi connectivity index (χ1v) is 12.0. The van der Waals surface area contributed by atoms with Crippen LogP contribution < -0.4 is 14.2 Å². The van der Waals surface area contributed by atoms with E-state index in [1.807, 2.05) is 31.2 Å². The first-order valence-electron chi connectivity index (χ1n) is 12.0. The van der Waals surface area contributed by atoms with E-state index in [2.05, 4.69) is 25.5 Å². The Hall–Kier alpha value is -3.68. The Morgan fingerprint density at radius 3 is 1.95 bits per heavy atom. The van der Waals surface area contributed by atoms with Crippen LogP contribution >= 0.6 is 0 Å². The summed E-state index contributed by atoms with van der Waals surface area (Å²) in [5, 5.41) is 0. The van der Waals surface area contributed by atoms with Crippen LogP contribution in [0.4, 0.5) is 13.2 Å². The molecule has 0 N–H and O–H groups in total. The normalized spacial score (nSPS) is 12.5. The molecule has 5 nitrogen and oxygen atoms in total. The van der Waals surface area contributed by atoms with Crippen molar-refractivity contribution in [1.82, 2.24) is 0 Å². The molecule has 198 valence electrons. The highest BCUT2D eigenvalue weighted by molar-refractivity contribution is 5.75. The lowest BCUT2D eigenvalue weighted by atomic mass is 9.87. The van der Waals surface area contributed by atoms with Gasteiger partial charge in [0, 0.05) is 0 Å². The fraction of sp³-hybridized carbons (Fsp3) is 0.345. The van der Waals surface area contributed by atoms with Crippen LogP contribution in [0.5, 0.6) is 23.0 Å². The minimum absolute atomic E-state index is 0.0251. The van der Waals surface area contributed by atoms with E-state index in [-0.39, 0.29) is 17.8 Å². The predicted octanol–water partition coefficient (Wildman–Crippen LogP) is 8.06. The third-order valence-corrected chi connectivity index (χ3v) is 5.50. The highest BCUT2D eigenvalue weighted by Gasteiger charge is 2.31. The van der Waals surface area contributed by atoms with Gasteiger partial charge in [0.2, 0.25) is 0 Å². The summed E-state index contributed by atoms with van der Waals surface area (Å²) < 4.78 is 58.8. The van der Waals surface area contributed by atoms with E-state index in [0.29, 0.717) is 34.8 Å². The maximum Gasteiger partial charge on any atom is 0.573 e. The van der Waals surface area contributed by atoms with E-state index < -0.39 is 18.4 Å². The maximum atomic E-state index is 12.5. The molecule has 3 rings (SSSR count). The van der Waals surface area contributed by atoms with Crippen LogP contribution in [0.15, 0.2) is 66.7 Å². The molecule has 3 aromatic rings. The molecule has 0 aliphatic heterocycles. The average Bonchev–Trinajstić information content (AvgIpc) is 2.82. The second-order valence-corrected chi connectivity index (χ2v) is 9.38. The van der Waals surface area contributed by atoms with E-state index in [9.17, 15) is 18.0 Å². The van der Waals surface area contributed by atoms with Gasteiger partial charge in [-0.3, -0.25) is 0 Å². The molecule has 37 heavy (non-hydrogen) atoms. The third kappa shape index (κ3) is 7.90. The van der Waals surface area contributed by atoms with Gasteiger partial charge >= 0.3 is 12.3 Å². The van der Waals surface area contributed by atoms with Crippen LogP contribution in [-0.2, 0) is 14.9 Å². The van der Waals surface area contributed by atoms with Crippen LogP contribution in [0.1, 0.15) is 46.6 Å². The Labute approximate surface area is 215 Å². The van der Waals surface area contributed by atoms with Crippen molar-refractivity contribution >= 4 is 5.97 Å². The van der Waals surface area contributed by atoms with Gasteiger partial charge in [0.25, 0.3) is 0 Å². The molecule has 0 saturated heterocycles. The highest BCUT2D eigenvalue weighted by Crippen LogP contribution is 2.38. The number of halogens is 3. The Bertz CT molecular complexity index is 1180. The number of benzene rings is 3. The number of carbonyl (C=O) groups excluding carboxylic acids is 1. The molecule has 0 spiro atoms. The standard InChI is InChI=1S/C29H31F3O5/c1-6-24(27(33)34-7-2)36-25-17-10-20(19-8-13-23(14-9-19)37-29(30,31)32)18-26(25)35-22-15-11-21(12-16-22)28(3,4)5/h8-18,24H,6-7H2,1-5H3. The second-order valence-electron chi connectivity index (χ2n) is 9.38. The Kier molecular flexibility index (Phi) is 8.73. The van der Waals surface area contributed by atoms with Gasteiger partial charge in [-0.15, -0.1) is 13.2 Å². The SMILES string of the molecule is CCOC(=O)C(CC)Oc1ccc(-c2ccc(OC(F)(F)F)cc2)cc1Oc1ccc(C(C)(C)C)cc1. The van der Waals surface area contributed by atoms with Gasteiger partial charge in [-0.1, -0.05) is 58.0 Å². The molecule has 0 amide bonds. The number of hydrogen-bond donors (Lipinski definition) is 0. The van der Waals surface area contributed by atoms with Crippen LogP contribution in [0.25, 0.3) is 11.1 Å². The van der Waals surface area contributed by atoms with Crippen molar-refractivity contribution in [2.45, 2.75) is 58.9 Å². The quantitative estimate of drug-likeness (QED) is 0.269. The number of carbonyl (C=O) groups is 1. The molecule has 0 heterocycles. The predicted molar refractivity (Wildman–Crippen MR) is 135 cm³/mol. The molecule has 0 bridgehead atoms. The van der Waals surface area contributed by atoms with E-state index in [4.69, 9.17) is 14.2 Å². The highest BCUT2D eigenvalue weighted by atomic mass is 19.4. The molecule has 0 aliphatic carbocycles. The molecule has 0 fully saturated rings. The van der Waals surface area contributed by atoms with Crippen LogP contribution in [0, 0.1) is 0 Å². The van der Waals surface area contributed by atoms with Gasteiger partial charge < -0.3 is 18.9 Å². The zero-order chi connectivity index (χ0) is 27.2. The van der Waals surface area contributed by atoms with Gasteiger partial charge in [-0.05, 0) is 71.8 Å². The van der Waals surface area contributed by atoms with Crippen LogP contribution in [-0.4, -0.2) is 25.0 Å². The number of hydrogen-bond acceptors (Lipinski definition) is 5. The molecular weight excluding hydrogens is 485 g/mol. The summed E-state index contributed by atoms with van der Waals surface area (Å²) in [7, 11) is 0. The second kappa shape index (κ2) is 11.6. The van der Waals surface area contributed by atoms with Gasteiger partial charge in [0.05, 0.1) is 6.61 Å². The van der Waals surface area contributed by atoms with Gasteiger partial charge in [-0.2, -0.15) is 0 Å². The molecule has 0 saturated carbocycles. The lowest BCUT2D eigenvalue weighted by molar-refractivity contribution is -0.274. The summed E-state index contributed by atoms with van der Waals surface area (Å²) in [6.45, 7) is 10.1. The lowest BCUT2D eigenvalue weighted by Gasteiger charge is -2.21. The van der Waals surface area contributed by atoms with Crippen molar-refractivity contribution in [2.24, 2.45) is 0 Å². The molecule has 1 unspecified atom stereocenters. The Morgan fingerprint density at radius 2 is 1.41 bits per heavy atom. The summed E-state index contributed by atoms with van der Waals surface area (Å²) >= 11 is 0. The van der Waals surface area contributed by atoms with E-state index in [1.165, 1.54) is 24.3 Å². The minimum atomic E-state index is -4.77. The van der Waals surface area contributed by atoms with Crippen molar-refractivity contribution < 1.29 is 36.9 Å². The van der Waals surface area contributed by atoms with Gasteiger partial charge in [0.15, 0.2) is 17.6 Å². The summed E-state index contributed by atoms with van der Waals surface area (Å²) in [6, 6.07) is 18.3. The molecule has 8 heteroatoms. The summed E-state index contributed by atoms with van der Waals surface area (Å²) in [5.74, 6) is 0.453. The number of ether oxygens (including phenoxy) is 4. The van der Waals surface area contributed by atoms with Crippen molar-refractivity contribution in [3.63, 3.8) is 0 Å². The molecule has 0 aliphatic rings. The van der Waals surface area contributed by atoms with Gasteiger partial charge in [0.1, 0.15) is 11.5 Å². The monoisotopic (exact) mass is 516 g/mol. The maximum absolute atomic E-state index is 12.5. The molecule has 0 radical (unpaired) electrons. The molecular formula is C29H31F3O5. The lowest BCUT2D eigenvalue weighted by Crippen LogP contribution is -2.28. The largest absolute Gasteiger partial charge is 0.573 e. The van der Waals surface area contributed by atoms with E-state index >= 15 is 0 Å². The van der Waals surface area contributed by atoms with Crippen molar-refractivity contribution in [3.05, 3.63) is 72.3 Å². The smallest absolute Gasteiger partial charge is 0.475 e. The Morgan fingerprint density at radius 1 is 0.811 bits per heavy atom. The number of alkyl halides is 3. The fourth-order valence-corrected chi connectivity index (χ4v) is 3.55. The first kappa shape index (κ1) is 27.9. The summed E-state index contributed by atoms with van der Waals surface area (Å²) in [5.41, 5.74) is 2.44. The zero-order valence-corrected chi connectivity index (χ0v) is 21.5. The van der Waals surface area contributed by atoms with Gasteiger partial charge in [-0.25, -0.2) is 4.79 Å². The van der Waals surface area contributed by atoms with E-state index in [1.54, 1.807) is 25.1 Å². The molecule has 0 aromatic heterocycles. The Balaban J connectivity index is 1.95. The topological polar surface area (TPSA) is 54.0 Å². The first-order chi connectivity index (χ1) is 17.4. The van der Waals surface area contributed by atoms with Crippen LogP contribution in [0.3, 0.4) is 0 Å². The van der Waals surface area contributed by atoms with Crippen LogP contribution in [0.2, 0.25) is 0 Å². The number of esters is 1. The van der Waals surface area contributed by atoms with Crippen molar-refractivity contribution in [3.8, 4) is 34.1 Å². The minimum Gasteiger partial charge on any atom is -0.475 e.